The van der Waals surface area contributed by atoms with Crippen LogP contribution < -0.4 is 0 Å². The number of benzene rings is 1. The average Bonchev–Trinajstić information content (AvgIpc) is 2.40. The maximum absolute atomic E-state index is 8.62. The van der Waals surface area contributed by atoms with Crippen LogP contribution in [0.25, 0.3) is 11.3 Å². The fraction of sp³-hybridized carbons (Fsp3) is 0.214. The molecular formula is C14H13N3. The van der Waals surface area contributed by atoms with E-state index in [1.54, 1.807) is 6.20 Å². The van der Waals surface area contributed by atoms with Gasteiger partial charge in [0.15, 0.2) is 0 Å². The number of rotatable bonds is 3. The van der Waals surface area contributed by atoms with Crippen LogP contribution in [0.2, 0.25) is 0 Å². The lowest BCUT2D eigenvalue weighted by Gasteiger charge is -2.03. The summed E-state index contributed by atoms with van der Waals surface area (Å²) in [6.07, 6.45) is 2.98. The standard InChI is InChI=1S/C14H13N3/c1-2-11-3-5-12(6-4-11)13-8-10-16-14(17-13)7-9-15/h3-6,8,10H,2,7H2,1H3. The topological polar surface area (TPSA) is 49.6 Å². The first-order valence-electron chi connectivity index (χ1n) is 5.61. The molecule has 3 nitrogen and oxygen atoms in total. The molecule has 1 aromatic heterocycles. The second-order valence-electron chi connectivity index (χ2n) is 3.74. The van der Waals surface area contributed by atoms with Gasteiger partial charge in [-0.25, -0.2) is 9.97 Å². The SMILES string of the molecule is CCc1ccc(-c2ccnc(CC#N)n2)cc1. The van der Waals surface area contributed by atoms with E-state index >= 15 is 0 Å². The van der Waals surface area contributed by atoms with Crippen molar-refractivity contribution in [2.24, 2.45) is 0 Å². The van der Waals surface area contributed by atoms with E-state index in [0.29, 0.717) is 5.82 Å². The molecule has 0 saturated heterocycles. The maximum Gasteiger partial charge on any atom is 0.142 e. The lowest BCUT2D eigenvalue weighted by atomic mass is 10.1. The Morgan fingerprint density at radius 3 is 2.59 bits per heavy atom. The molecule has 1 heterocycles. The van der Waals surface area contributed by atoms with Crippen LogP contribution >= 0.6 is 0 Å². The summed E-state index contributed by atoms with van der Waals surface area (Å²) >= 11 is 0. The Bertz CT molecular complexity index is 538. The van der Waals surface area contributed by atoms with Gasteiger partial charge in [-0.05, 0) is 18.1 Å². The van der Waals surface area contributed by atoms with E-state index in [-0.39, 0.29) is 6.42 Å². The van der Waals surface area contributed by atoms with Crippen LogP contribution in [-0.4, -0.2) is 9.97 Å². The molecule has 0 aliphatic carbocycles. The zero-order valence-electron chi connectivity index (χ0n) is 9.72. The van der Waals surface area contributed by atoms with Crippen LogP contribution in [0.3, 0.4) is 0 Å². The maximum atomic E-state index is 8.62. The highest BCUT2D eigenvalue weighted by atomic mass is 14.9. The van der Waals surface area contributed by atoms with Crippen molar-refractivity contribution in [1.82, 2.24) is 9.97 Å². The summed E-state index contributed by atoms with van der Waals surface area (Å²) in [5.74, 6) is 0.574. The molecule has 0 bridgehead atoms. The summed E-state index contributed by atoms with van der Waals surface area (Å²) in [7, 11) is 0. The molecule has 0 unspecified atom stereocenters. The van der Waals surface area contributed by atoms with Crippen LogP contribution in [0.5, 0.6) is 0 Å². The molecule has 0 aliphatic rings. The van der Waals surface area contributed by atoms with Gasteiger partial charge in [-0.3, -0.25) is 0 Å². The van der Waals surface area contributed by atoms with Crippen molar-refractivity contribution >= 4 is 0 Å². The average molecular weight is 223 g/mol. The van der Waals surface area contributed by atoms with E-state index in [2.05, 4.69) is 47.2 Å². The first kappa shape index (κ1) is 11.3. The monoisotopic (exact) mass is 223 g/mol. The van der Waals surface area contributed by atoms with Gasteiger partial charge >= 0.3 is 0 Å². The molecule has 0 saturated carbocycles. The zero-order valence-corrected chi connectivity index (χ0v) is 9.72. The van der Waals surface area contributed by atoms with E-state index in [1.165, 1.54) is 5.56 Å². The predicted octanol–water partition coefficient (Wildman–Crippen LogP) is 2.77. The number of nitriles is 1. The second kappa shape index (κ2) is 5.22. The molecule has 0 spiro atoms. The summed E-state index contributed by atoms with van der Waals surface area (Å²) in [5, 5.41) is 8.62. The molecule has 0 fully saturated rings. The fourth-order valence-electron chi connectivity index (χ4n) is 1.63. The Hall–Kier alpha value is -2.21. The largest absolute Gasteiger partial charge is 0.240 e. The van der Waals surface area contributed by atoms with Crippen molar-refractivity contribution < 1.29 is 0 Å². The number of hydrogen-bond donors (Lipinski definition) is 0. The number of aromatic nitrogens is 2. The first-order chi connectivity index (χ1) is 8.33. The van der Waals surface area contributed by atoms with Gasteiger partial charge in [0.25, 0.3) is 0 Å². The fourth-order valence-corrected chi connectivity index (χ4v) is 1.63. The minimum Gasteiger partial charge on any atom is -0.240 e. The van der Waals surface area contributed by atoms with Crippen LogP contribution in [0.4, 0.5) is 0 Å². The highest BCUT2D eigenvalue weighted by Crippen LogP contribution is 2.17. The third kappa shape index (κ3) is 2.67. The third-order valence-electron chi connectivity index (χ3n) is 2.60. The Morgan fingerprint density at radius 2 is 1.94 bits per heavy atom. The van der Waals surface area contributed by atoms with Crippen molar-refractivity contribution in [3.05, 3.63) is 47.9 Å². The molecular weight excluding hydrogens is 210 g/mol. The molecule has 0 aliphatic heterocycles. The summed E-state index contributed by atoms with van der Waals surface area (Å²) in [6, 6.07) is 12.2. The molecule has 0 radical (unpaired) electrons. The summed E-state index contributed by atoms with van der Waals surface area (Å²) in [4.78, 5) is 8.41. The van der Waals surface area contributed by atoms with Gasteiger partial charge in [-0.15, -0.1) is 0 Å². The Kier molecular flexibility index (Phi) is 3.46. The summed E-state index contributed by atoms with van der Waals surface area (Å²) in [6.45, 7) is 2.13. The van der Waals surface area contributed by atoms with Crippen LogP contribution in [-0.2, 0) is 12.8 Å². The van der Waals surface area contributed by atoms with E-state index in [9.17, 15) is 0 Å². The Morgan fingerprint density at radius 1 is 1.18 bits per heavy atom. The van der Waals surface area contributed by atoms with Crippen molar-refractivity contribution in [2.45, 2.75) is 19.8 Å². The van der Waals surface area contributed by atoms with Crippen molar-refractivity contribution in [2.75, 3.05) is 0 Å². The minimum atomic E-state index is 0.251. The van der Waals surface area contributed by atoms with Gasteiger partial charge in [0.05, 0.1) is 18.2 Å². The summed E-state index contributed by atoms with van der Waals surface area (Å²) < 4.78 is 0. The lowest BCUT2D eigenvalue weighted by molar-refractivity contribution is 0.999. The minimum absolute atomic E-state index is 0.251. The van der Waals surface area contributed by atoms with Gasteiger partial charge in [0.2, 0.25) is 0 Å². The molecule has 2 rings (SSSR count). The molecule has 0 N–H and O–H groups in total. The first-order valence-corrected chi connectivity index (χ1v) is 5.61. The van der Waals surface area contributed by atoms with Gasteiger partial charge in [-0.1, -0.05) is 31.2 Å². The van der Waals surface area contributed by atoms with Gasteiger partial charge in [-0.2, -0.15) is 5.26 Å². The molecule has 3 heteroatoms. The van der Waals surface area contributed by atoms with Gasteiger partial charge in [0.1, 0.15) is 5.82 Å². The zero-order chi connectivity index (χ0) is 12.1. The summed E-state index contributed by atoms with van der Waals surface area (Å²) in [5.41, 5.74) is 3.23. The molecule has 1 aromatic carbocycles. The highest BCUT2D eigenvalue weighted by molar-refractivity contribution is 5.59. The molecule has 84 valence electrons. The number of aryl methyl sites for hydroxylation is 1. The van der Waals surface area contributed by atoms with Crippen LogP contribution in [0, 0.1) is 11.3 Å². The van der Waals surface area contributed by atoms with Crippen molar-refractivity contribution in [3.63, 3.8) is 0 Å². The molecule has 2 aromatic rings. The van der Waals surface area contributed by atoms with Crippen LogP contribution in [0.1, 0.15) is 18.3 Å². The van der Waals surface area contributed by atoms with E-state index in [0.717, 1.165) is 17.7 Å². The highest BCUT2D eigenvalue weighted by Gasteiger charge is 2.01. The molecule has 0 amide bonds. The number of hydrogen-bond acceptors (Lipinski definition) is 3. The lowest BCUT2D eigenvalue weighted by Crippen LogP contribution is -1.94. The second-order valence-corrected chi connectivity index (χ2v) is 3.74. The van der Waals surface area contributed by atoms with Crippen molar-refractivity contribution in [3.8, 4) is 17.3 Å². The van der Waals surface area contributed by atoms with Gasteiger partial charge < -0.3 is 0 Å². The van der Waals surface area contributed by atoms with Crippen LogP contribution in [0.15, 0.2) is 36.5 Å². The molecule has 0 atom stereocenters. The van der Waals surface area contributed by atoms with E-state index < -0.39 is 0 Å². The molecule has 17 heavy (non-hydrogen) atoms. The Labute approximate surface area is 101 Å². The Balaban J connectivity index is 2.32. The normalized spacial score (nSPS) is 9.88. The van der Waals surface area contributed by atoms with E-state index in [4.69, 9.17) is 5.26 Å². The van der Waals surface area contributed by atoms with E-state index in [1.807, 2.05) is 6.07 Å². The smallest absolute Gasteiger partial charge is 0.142 e. The van der Waals surface area contributed by atoms with Gasteiger partial charge in [0, 0.05) is 11.8 Å². The number of nitrogens with zero attached hydrogens (tertiary/aromatic N) is 3. The quantitative estimate of drug-likeness (QED) is 0.803. The third-order valence-corrected chi connectivity index (χ3v) is 2.60. The van der Waals surface area contributed by atoms with Crippen molar-refractivity contribution in [1.29, 1.82) is 5.26 Å². The predicted molar refractivity (Wildman–Crippen MR) is 66.2 cm³/mol.